The van der Waals surface area contributed by atoms with Gasteiger partial charge in [0.1, 0.15) is 12.1 Å². The fraction of sp³-hybridized carbons (Fsp3) is 0.105. The van der Waals surface area contributed by atoms with E-state index in [9.17, 15) is 9.18 Å². The minimum atomic E-state index is -0.435. The van der Waals surface area contributed by atoms with Crippen LogP contribution in [0.5, 0.6) is 0 Å². The van der Waals surface area contributed by atoms with E-state index in [2.05, 4.69) is 20.2 Å². The maximum atomic E-state index is 12.7. The number of nitrogens with zero attached hydrogens (tertiary/aromatic N) is 6. The monoisotopic (exact) mass is 393 g/mol. The molecule has 3 aromatic heterocycles. The Morgan fingerprint density at radius 2 is 1.97 bits per heavy atom. The normalized spacial score (nSPS) is 11.7. The first-order valence-corrected chi connectivity index (χ1v) is 8.67. The van der Waals surface area contributed by atoms with Crippen molar-refractivity contribution in [3.05, 3.63) is 77.6 Å². The molecule has 0 spiro atoms. The first-order valence-electron chi connectivity index (χ1n) is 8.67. The molecule has 9 nitrogen and oxygen atoms in total. The Balaban J connectivity index is 1.63. The van der Waals surface area contributed by atoms with Crippen LogP contribution in [0.1, 0.15) is 0 Å². The summed E-state index contributed by atoms with van der Waals surface area (Å²) in [5.41, 5.74) is 7.61. The number of hydrogen-bond donors (Lipinski definition) is 1. The molecule has 3 heterocycles. The molecule has 0 aliphatic heterocycles. The Hall–Kier alpha value is -3.92. The number of pyridine rings is 1. The summed E-state index contributed by atoms with van der Waals surface area (Å²) >= 11 is 0. The summed E-state index contributed by atoms with van der Waals surface area (Å²) in [6, 6.07) is 12.8. The molecule has 4 aromatic rings. The molecule has 2 N–H and O–H groups in total. The van der Waals surface area contributed by atoms with Gasteiger partial charge in [0.25, 0.3) is 0 Å². The quantitative estimate of drug-likeness (QED) is 0.532. The summed E-state index contributed by atoms with van der Waals surface area (Å²) in [5.74, 6) is 0.899. The van der Waals surface area contributed by atoms with Crippen LogP contribution in [0, 0.1) is 0 Å². The first kappa shape index (κ1) is 18.4. The van der Waals surface area contributed by atoms with Crippen molar-refractivity contribution in [2.24, 2.45) is 5.73 Å². The third kappa shape index (κ3) is 3.73. The van der Waals surface area contributed by atoms with Gasteiger partial charge >= 0.3 is 5.69 Å². The zero-order valence-electron chi connectivity index (χ0n) is 15.1. The van der Waals surface area contributed by atoms with Crippen molar-refractivity contribution in [2.75, 3.05) is 6.54 Å². The van der Waals surface area contributed by atoms with Crippen LogP contribution in [-0.4, -0.2) is 36.0 Å². The third-order valence-corrected chi connectivity index (χ3v) is 4.28. The molecular formula is C19H16FN7O2. The van der Waals surface area contributed by atoms with Crippen molar-refractivity contribution in [2.45, 2.75) is 6.54 Å². The van der Waals surface area contributed by atoms with Gasteiger partial charge in [0.05, 0.1) is 18.6 Å². The van der Waals surface area contributed by atoms with E-state index >= 15 is 0 Å². The highest BCUT2D eigenvalue weighted by molar-refractivity contribution is 5.65. The van der Waals surface area contributed by atoms with Crippen molar-refractivity contribution in [1.82, 2.24) is 29.5 Å². The fourth-order valence-corrected chi connectivity index (χ4v) is 2.74. The lowest BCUT2D eigenvalue weighted by Gasteiger charge is -2.05. The topological polar surface area (TPSA) is 118 Å². The molecule has 0 saturated heterocycles. The molecule has 4 rings (SSSR count). The second kappa shape index (κ2) is 7.98. The smallest absolute Gasteiger partial charge is 0.342 e. The minimum absolute atomic E-state index is 0.00336. The molecule has 0 aliphatic rings. The molecule has 146 valence electrons. The maximum Gasteiger partial charge on any atom is 0.351 e. The number of nitrogens with two attached hydrogens (primary N) is 1. The van der Waals surface area contributed by atoms with Gasteiger partial charge in [-0.25, -0.2) is 23.4 Å². The van der Waals surface area contributed by atoms with Gasteiger partial charge in [0.15, 0.2) is 0 Å². The van der Waals surface area contributed by atoms with Crippen molar-refractivity contribution in [3.8, 4) is 28.5 Å². The summed E-state index contributed by atoms with van der Waals surface area (Å²) in [4.78, 5) is 21.1. The second-order valence-electron chi connectivity index (χ2n) is 6.13. The van der Waals surface area contributed by atoms with Crippen molar-refractivity contribution in [3.63, 3.8) is 0 Å². The SMILES string of the molecule is NC/C(=C\F)Cn1ncn(-c2cccc(-c3ccc(-c4ncon4)cc3)n2)c1=O. The molecule has 0 amide bonds. The van der Waals surface area contributed by atoms with Crippen LogP contribution in [0.4, 0.5) is 4.39 Å². The van der Waals surface area contributed by atoms with E-state index in [-0.39, 0.29) is 18.7 Å². The Bertz CT molecular complexity index is 1190. The highest BCUT2D eigenvalue weighted by atomic mass is 19.1. The van der Waals surface area contributed by atoms with E-state index in [1.807, 2.05) is 30.3 Å². The standard InChI is InChI=1S/C19H16FN7O2/c20-8-13(9-21)10-27-19(28)26(11-23-27)17-3-1-2-16(24-17)14-4-6-15(7-5-14)18-22-12-29-25-18/h1-8,11-12H,9-10,21H2/b13-8+. The van der Waals surface area contributed by atoms with Crippen molar-refractivity contribution >= 4 is 0 Å². The zero-order chi connectivity index (χ0) is 20.2. The van der Waals surface area contributed by atoms with Gasteiger partial charge in [-0.05, 0) is 17.7 Å². The van der Waals surface area contributed by atoms with Gasteiger partial charge in [-0.2, -0.15) is 10.1 Å². The summed E-state index contributed by atoms with van der Waals surface area (Å²) in [5, 5.41) is 7.81. The van der Waals surface area contributed by atoms with Crippen LogP contribution in [-0.2, 0) is 6.54 Å². The number of benzene rings is 1. The Morgan fingerprint density at radius 1 is 1.17 bits per heavy atom. The van der Waals surface area contributed by atoms with E-state index < -0.39 is 5.69 Å². The van der Waals surface area contributed by atoms with E-state index in [1.54, 1.807) is 12.1 Å². The molecule has 0 saturated carbocycles. The van der Waals surface area contributed by atoms with Crippen molar-refractivity contribution in [1.29, 1.82) is 0 Å². The van der Waals surface area contributed by atoms with Crippen LogP contribution < -0.4 is 11.4 Å². The van der Waals surface area contributed by atoms with Gasteiger partial charge in [-0.1, -0.05) is 35.5 Å². The molecule has 0 aliphatic carbocycles. The molecular weight excluding hydrogens is 377 g/mol. The fourth-order valence-electron chi connectivity index (χ4n) is 2.74. The van der Waals surface area contributed by atoms with Gasteiger partial charge in [0.2, 0.25) is 12.2 Å². The van der Waals surface area contributed by atoms with Gasteiger partial charge in [-0.15, -0.1) is 0 Å². The predicted molar refractivity (Wildman–Crippen MR) is 103 cm³/mol. The summed E-state index contributed by atoms with van der Waals surface area (Å²) in [7, 11) is 0. The average Bonchev–Trinajstić information content (AvgIpc) is 3.43. The van der Waals surface area contributed by atoms with E-state index in [1.165, 1.54) is 17.3 Å². The molecule has 0 unspecified atom stereocenters. The molecule has 0 atom stereocenters. The van der Waals surface area contributed by atoms with Crippen molar-refractivity contribution < 1.29 is 8.91 Å². The minimum Gasteiger partial charge on any atom is -0.342 e. The Labute approximate surface area is 163 Å². The summed E-state index contributed by atoms with van der Waals surface area (Å²) < 4.78 is 19.9. The average molecular weight is 393 g/mol. The number of halogens is 1. The number of aromatic nitrogens is 6. The first-order chi connectivity index (χ1) is 14.2. The lowest BCUT2D eigenvalue weighted by Crippen LogP contribution is -2.26. The molecule has 29 heavy (non-hydrogen) atoms. The predicted octanol–water partition coefficient (Wildman–Crippen LogP) is 1.96. The second-order valence-corrected chi connectivity index (χ2v) is 6.13. The third-order valence-electron chi connectivity index (χ3n) is 4.28. The number of rotatable bonds is 6. The maximum absolute atomic E-state index is 12.7. The lowest BCUT2D eigenvalue weighted by molar-refractivity contribution is 0.419. The summed E-state index contributed by atoms with van der Waals surface area (Å²) in [6.07, 6.45) is 3.01. The Morgan fingerprint density at radius 3 is 2.66 bits per heavy atom. The van der Waals surface area contributed by atoms with Gasteiger partial charge in [0, 0.05) is 17.7 Å². The molecule has 1 aromatic carbocycles. The van der Waals surface area contributed by atoms with E-state index in [0.717, 1.165) is 15.8 Å². The Kier molecular flexibility index (Phi) is 5.08. The van der Waals surface area contributed by atoms with Crippen LogP contribution >= 0.6 is 0 Å². The van der Waals surface area contributed by atoms with Gasteiger partial charge in [-0.3, -0.25) is 0 Å². The highest BCUT2D eigenvalue weighted by Gasteiger charge is 2.11. The summed E-state index contributed by atoms with van der Waals surface area (Å²) in [6.45, 7) is -0.0144. The molecule has 0 radical (unpaired) electrons. The van der Waals surface area contributed by atoms with E-state index in [0.29, 0.717) is 23.7 Å². The molecule has 10 heteroatoms. The largest absolute Gasteiger partial charge is 0.351 e. The molecule has 0 bridgehead atoms. The number of hydrogen-bond acceptors (Lipinski definition) is 7. The van der Waals surface area contributed by atoms with Gasteiger partial charge < -0.3 is 10.3 Å². The van der Waals surface area contributed by atoms with Crippen LogP contribution in [0.15, 0.2) is 76.4 Å². The van der Waals surface area contributed by atoms with E-state index in [4.69, 9.17) is 10.3 Å². The van der Waals surface area contributed by atoms with Crippen LogP contribution in [0.2, 0.25) is 0 Å². The highest BCUT2D eigenvalue weighted by Crippen LogP contribution is 2.22. The molecule has 0 fully saturated rings. The van der Waals surface area contributed by atoms with Crippen LogP contribution in [0.25, 0.3) is 28.5 Å². The lowest BCUT2D eigenvalue weighted by atomic mass is 10.1. The van der Waals surface area contributed by atoms with Crippen LogP contribution in [0.3, 0.4) is 0 Å². The zero-order valence-corrected chi connectivity index (χ0v) is 15.1.